The third kappa shape index (κ3) is 2.34. The van der Waals surface area contributed by atoms with E-state index in [0.29, 0.717) is 0 Å². The molecule has 0 aliphatic carbocycles. The van der Waals surface area contributed by atoms with Gasteiger partial charge in [0.25, 0.3) is 0 Å². The highest BCUT2D eigenvalue weighted by Crippen LogP contribution is 2.35. The highest BCUT2D eigenvalue weighted by molar-refractivity contribution is 6.31. The van der Waals surface area contributed by atoms with Crippen LogP contribution in [0.5, 0.6) is 0 Å². The molecule has 0 radical (unpaired) electrons. The van der Waals surface area contributed by atoms with Crippen LogP contribution in [0.3, 0.4) is 0 Å². The van der Waals surface area contributed by atoms with Gasteiger partial charge < -0.3 is 10.6 Å². The normalized spacial score (nSPS) is 17.6. The second-order valence-corrected chi connectivity index (χ2v) is 5.55. The highest BCUT2D eigenvalue weighted by atomic mass is 35.5. The summed E-state index contributed by atoms with van der Waals surface area (Å²) in [6, 6.07) is 14.6. The number of anilines is 1. The summed E-state index contributed by atoms with van der Waals surface area (Å²) in [5.74, 6) is 0. The zero-order valence-electron chi connectivity index (χ0n) is 10.9. The van der Waals surface area contributed by atoms with Crippen LogP contribution in [-0.2, 0) is 6.54 Å². The molecule has 1 atom stereocenters. The average molecular weight is 273 g/mol. The Bertz CT molecular complexity index is 609. The number of fused-ring (bicyclic) bond motifs is 1. The largest absolute Gasteiger partial charge is 0.365 e. The third-order valence-electron chi connectivity index (χ3n) is 3.66. The molecule has 0 saturated heterocycles. The Balaban J connectivity index is 1.91. The Morgan fingerprint density at radius 1 is 1.26 bits per heavy atom. The molecule has 19 heavy (non-hydrogen) atoms. The molecule has 2 N–H and O–H groups in total. The van der Waals surface area contributed by atoms with Gasteiger partial charge in [0, 0.05) is 29.8 Å². The van der Waals surface area contributed by atoms with Crippen molar-refractivity contribution in [3.63, 3.8) is 0 Å². The number of nitrogens with two attached hydrogens (primary N) is 1. The van der Waals surface area contributed by atoms with E-state index >= 15 is 0 Å². The number of halogens is 1. The second-order valence-electron chi connectivity index (χ2n) is 5.14. The molecule has 0 saturated carbocycles. The van der Waals surface area contributed by atoms with Gasteiger partial charge in [-0.15, -0.1) is 0 Å². The molecule has 3 rings (SSSR count). The minimum Gasteiger partial charge on any atom is -0.365 e. The number of benzene rings is 2. The molecule has 0 fully saturated rings. The van der Waals surface area contributed by atoms with Gasteiger partial charge in [0.05, 0.1) is 0 Å². The fourth-order valence-electron chi connectivity index (χ4n) is 2.68. The van der Waals surface area contributed by atoms with Crippen molar-refractivity contribution in [3.05, 3.63) is 64.2 Å². The summed E-state index contributed by atoms with van der Waals surface area (Å²) in [6.45, 7) is 3.76. The number of nitrogens with zero attached hydrogens (tertiary/aromatic N) is 1. The first-order valence-electron chi connectivity index (χ1n) is 6.49. The summed E-state index contributed by atoms with van der Waals surface area (Å²) in [5.41, 5.74) is 11.1. The van der Waals surface area contributed by atoms with Crippen molar-refractivity contribution in [2.24, 2.45) is 5.73 Å². The van der Waals surface area contributed by atoms with Crippen LogP contribution < -0.4 is 10.6 Å². The van der Waals surface area contributed by atoms with Gasteiger partial charge in [-0.2, -0.15) is 0 Å². The molecule has 0 spiro atoms. The predicted octanol–water partition coefficient (Wildman–Crippen LogP) is 3.67. The molecular weight excluding hydrogens is 256 g/mol. The van der Waals surface area contributed by atoms with Crippen LogP contribution in [0.1, 0.15) is 22.7 Å². The molecule has 0 unspecified atom stereocenters. The van der Waals surface area contributed by atoms with Crippen molar-refractivity contribution in [1.29, 1.82) is 0 Å². The number of hydrogen-bond donors (Lipinski definition) is 1. The minimum atomic E-state index is 0.0948. The summed E-state index contributed by atoms with van der Waals surface area (Å²) < 4.78 is 0. The summed E-state index contributed by atoms with van der Waals surface area (Å²) in [5, 5.41) is 0.816. The monoisotopic (exact) mass is 272 g/mol. The molecule has 1 aliphatic heterocycles. The molecule has 0 amide bonds. The van der Waals surface area contributed by atoms with Gasteiger partial charge in [0.1, 0.15) is 0 Å². The van der Waals surface area contributed by atoms with Gasteiger partial charge in [-0.05, 0) is 30.2 Å². The third-order valence-corrected chi connectivity index (χ3v) is 4.03. The van der Waals surface area contributed by atoms with Crippen molar-refractivity contribution in [2.75, 3.05) is 11.4 Å². The standard InChI is InChI=1S/C16H17ClN2/c1-11-6-7-16-13(8-11)15(18)10-19(16)9-12-4-2-3-5-14(12)17/h2-8,15H,9-10,18H2,1H3/t15-/m1/s1. The lowest BCUT2D eigenvalue weighted by Gasteiger charge is -2.20. The van der Waals surface area contributed by atoms with E-state index in [-0.39, 0.29) is 6.04 Å². The first kappa shape index (κ1) is 12.5. The van der Waals surface area contributed by atoms with Crippen LogP contribution in [0.15, 0.2) is 42.5 Å². The summed E-state index contributed by atoms with van der Waals surface area (Å²) in [6.07, 6.45) is 0. The lowest BCUT2D eigenvalue weighted by molar-refractivity contribution is 0.720. The number of hydrogen-bond acceptors (Lipinski definition) is 2. The summed E-state index contributed by atoms with van der Waals surface area (Å²) in [7, 11) is 0. The van der Waals surface area contributed by atoms with Crippen LogP contribution in [0.2, 0.25) is 5.02 Å². The number of rotatable bonds is 2. The maximum absolute atomic E-state index is 6.23. The Morgan fingerprint density at radius 3 is 2.84 bits per heavy atom. The minimum absolute atomic E-state index is 0.0948. The lowest BCUT2D eigenvalue weighted by atomic mass is 10.1. The van der Waals surface area contributed by atoms with Crippen molar-refractivity contribution < 1.29 is 0 Å². The molecule has 2 aromatic carbocycles. The topological polar surface area (TPSA) is 29.3 Å². The Morgan fingerprint density at radius 2 is 2.05 bits per heavy atom. The zero-order valence-corrected chi connectivity index (χ0v) is 11.7. The molecule has 0 bridgehead atoms. The van der Waals surface area contributed by atoms with E-state index in [2.05, 4.69) is 36.1 Å². The van der Waals surface area contributed by atoms with Gasteiger partial charge in [-0.25, -0.2) is 0 Å². The van der Waals surface area contributed by atoms with E-state index in [9.17, 15) is 0 Å². The zero-order chi connectivity index (χ0) is 13.4. The van der Waals surface area contributed by atoms with E-state index in [1.807, 2.05) is 18.2 Å². The Labute approximate surface area is 118 Å². The molecule has 1 heterocycles. The van der Waals surface area contributed by atoms with E-state index in [1.54, 1.807) is 0 Å². The van der Waals surface area contributed by atoms with Crippen LogP contribution in [0.4, 0.5) is 5.69 Å². The second kappa shape index (κ2) is 4.87. The van der Waals surface area contributed by atoms with Gasteiger partial charge in [-0.3, -0.25) is 0 Å². The van der Waals surface area contributed by atoms with Gasteiger partial charge in [0.15, 0.2) is 0 Å². The van der Waals surface area contributed by atoms with Gasteiger partial charge in [0.2, 0.25) is 0 Å². The van der Waals surface area contributed by atoms with Crippen LogP contribution in [0, 0.1) is 6.92 Å². The quantitative estimate of drug-likeness (QED) is 0.904. The summed E-state index contributed by atoms with van der Waals surface area (Å²) in [4.78, 5) is 2.31. The lowest BCUT2D eigenvalue weighted by Crippen LogP contribution is -2.24. The van der Waals surface area contributed by atoms with Crippen LogP contribution in [-0.4, -0.2) is 6.54 Å². The molecule has 2 nitrogen and oxygen atoms in total. The van der Waals surface area contributed by atoms with E-state index in [4.69, 9.17) is 17.3 Å². The van der Waals surface area contributed by atoms with Crippen LogP contribution in [0.25, 0.3) is 0 Å². The molecule has 0 aromatic heterocycles. The molecular formula is C16H17ClN2. The van der Waals surface area contributed by atoms with E-state index in [1.165, 1.54) is 16.8 Å². The van der Waals surface area contributed by atoms with Crippen molar-refractivity contribution in [1.82, 2.24) is 0 Å². The van der Waals surface area contributed by atoms with Crippen LogP contribution >= 0.6 is 11.6 Å². The molecule has 3 heteroatoms. The highest BCUT2D eigenvalue weighted by Gasteiger charge is 2.26. The summed E-state index contributed by atoms with van der Waals surface area (Å²) >= 11 is 6.23. The first-order valence-corrected chi connectivity index (χ1v) is 6.87. The molecule has 2 aromatic rings. The molecule has 1 aliphatic rings. The smallest absolute Gasteiger partial charge is 0.0494 e. The number of aryl methyl sites for hydroxylation is 1. The van der Waals surface area contributed by atoms with Crippen molar-refractivity contribution in [3.8, 4) is 0 Å². The van der Waals surface area contributed by atoms with E-state index in [0.717, 1.165) is 23.7 Å². The van der Waals surface area contributed by atoms with Gasteiger partial charge in [-0.1, -0.05) is 47.5 Å². The SMILES string of the molecule is Cc1ccc2c(c1)[C@H](N)CN2Cc1ccccc1Cl. The fourth-order valence-corrected chi connectivity index (χ4v) is 2.87. The van der Waals surface area contributed by atoms with Gasteiger partial charge >= 0.3 is 0 Å². The first-order chi connectivity index (χ1) is 9.15. The Kier molecular flexibility index (Phi) is 3.21. The van der Waals surface area contributed by atoms with Crippen molar-refractivity contribution in [2.45, 2.75) is 19.5 Å². The molecule has 98 valence electrons. The fraction of sp³-hybridized carbons (Fsp3) is 0.250. The van der Waals surface area contributed by atoms with E-state index < -0.39 is 0 Å². The average Bonchev–Trinajstić information content (AvgIpc) is 2.69. The maximum Gasteiger partial charge on any atom is 0.0494 e. The van der Waals surface area contributed by atoms with Crippen molar-refractivity contribution >= 4 is 17.3 Å². The predicted molar refractivity (Wildman–Crippen MR) is 80.6 cm³/mol. The Hall–Kier alpha value is -1.51. The maximum atomic E-state index is 6.23.